The van der Waals surface area contributed by atoms with E-state index in [0.29, 0.717) is 39.5 Å². The predicted molar refractivity (Wildman–Crippen MR) is 90.1 cm³/mol. The Bertz CT molecular complexity index is 581. The molecule has 0 N–H and O–H groups in total. The Labute approximate surface area is 142 Å². The van der Waals surface area contributed by atoms with Crippen LogP contribution in [0.4, 0.5) is 5.69 Å². The summed E-state index contributed by atoms with van der Waals surface area (Å²) in [4.78, 5) is 28.4. The van der Waals surface area contributed by atoms with Gasteiger partial charge in [-0.05, 0) is 30.7 Å². The standard InChI is InChI=1S/C18H24N2O4/c1-2-9-24-16-5-3-15(4-6-16)20-13-14(12-17(20)21)18(22)19-7-10-23-11-8-19/h3-6,14H,2,7-13H2,1H3/t14-/m1/s1. The third kappa shape index (κ3) is 3.70. The van der Waals surface area contributed by atoms with Crippen molar-refractivity contribution in [2.24, 2.45) is 5.92 Å². The van der Waals surface area contributed by atoms with E-state index < -0.39 is 0 Å². The Kier molecular flexibility index (Phi) is 5.35. The second-order valence-electron chi connectivity index (χ2n) is 6.19. The first kappa shape index (κ1) is 16.8. The summed E-state index contributed by atoms with van der Waals surface area (Å²) in [6.07, 6.45) is 1.24. The molecule has 0 spiro atoms. The van der Waals surface area contributed by atoms with Gasteiger partial charge in [-0.3, -0.25) is 9.59 Å². The summed E-state index contributed by atoms with van der Waals surface area (Å²) in [5.74, 6) is 0.612. The zero-order chi connectivity index (χ0) is 16.9. The van der Waals surface area contributed by atoms with Crippen molar-refractivity contribution < 1.29 is 19.1 Å². The van der Waals surface area contributed by atoms with E-state index >= 15 is 0 Å². The van der Waals surface area contributed by atoms with Gasteiger partial charge in [0.15, 0.2) is 0 Å². The van der Waals surface area contributed by atoms with Gasteiger partial charge in [-0.1, -0.05) is 6.92 Å². The van der Waals surface area contributed by atoms with Gasteiger partial charge < -0.3 is 19.3 Å². The van der Waals surface area contributed by atoms with Gasteiger partial charge in [-0.25, -0.2) is 0 Å². The summed E-state index contributed by atoms with van der Waals surface area (Å²) in [5, 5.41) is 0. The highest BCUT2D eigenvalue weighted by molar-refractivity contribution is 6.00. The molecule has 24 heavy (non-hydrogen) atoms. The number of carbonyl (C=O) groups excluding carboxylic acids is 2. The fraction of sp³-hybridized carbons (Fsp3) is 0.556. The Hall–Kier alpha value is -2.08. The molecule has 0 aromatic heterocycles. The molecular weight excluding hydrogens is 308 g/mol. The first-order valence-corrected chi connectivity index (χ1v) is 8.59. The summed E-state index contributed by atoms with van der Waals surface area (Å²) in [5.41, 5.74) is 0.820. The Balaban J connectivity index is 1.62. The number of hydrogen-bond acceptors (Lipinski definition) is 4. The maximum Gasteiger partial charge on any atom is 0.228 e. The molecule has 2 saturated heterocycles. The quantitative estimate of drug-likeness (QED) is 0.823. The number of benzene rings is 1. The normalized spacial score (nSPS) is 21.2. The molecule has 1 aromatic rings. The monoisotopic (exact) mass is 332 g/mol. The van der Waals surface area contributed by atoms with Gasteiger partial charge in [0.05, 0.1) is 25.7 Å². The van der Waals surface area contributed by atoms with Crippen molar-refractivity contribution in [3.63, 3.8) is 0 Å². The van der Waals surface area contributed by atoms with Crippen LogP contribution < -0.4 is 9.64 Å². The summed E-state index contributed by atoms with van der Waals surface area (Å²) >= 11 is 0. The van der Waals surface area contributed by atoms with Crippen LogP contribution in [0, 0.1) is 5.92 Å². The maximum absolute atomic E-state index is 12.6. The topological polar surface area (TPSA) is 59.1 Å². The summed E-state index contributed by atoms with van der Waals surface area (Å²) in [6.45, 7) is 5.58. The van der Waals surface area contributed by atoms with Gasteiger partial charge in [0.2, 0.25) is 11.8 Å². The van der Waals surface area contributed by atoms with Gasteiger partial charge in [0.1, 0.15) is 5.75 Å². The highest BCUT2D eigenvalue weighted by Gasteiger charge is 2.37. The molecule has 2 fully saturated rings. The molecule has 1 atom stereocenters. The third-order valence-electron chi connectivity index (χ3n) is 4.42. The fourth-order valence-electron chi connectivity index (χ4n) is 3.11. The van der Waals surface area contributed by atoms with Gasteiger partial charge in [-0.15, -0.1) is 0 Å². The van der Waals surface area contributed by atoms with Crippen LogP contribution in [0.2, 0.25) is 0 Å². The van der Waals surface area contributed by atoms with Gasteiger partial charge in [-0.2, -0.15) is 0 Å². The molecular formula is C18H24N2O4. The summed E-state index contributed by atoms with van der Waals surface area (Å²) < 4.78 is 10.8. The molecule has 2 heterocycles. The van der Waals surface area contributed by atoms with Crippen LogP contribution in [0.3, 0.4) is 0 Å². The molecule has 1 aromatic carbocycles. The largest absolute Gasteiger partial charge is 0.494 e. The summed E-state index contributed by atoms with van der Waals surface area (Å²) in [6, 6.07) is 7.50. The molecule has 2 aliphatic heterocycles. The molecule has 3 rings (SSSR count). The lowest BCUT2D eigenvalue weighted by atomic mass is 10.1. The van der Waals surface area contributed by atoms with Gasteiger partial charge in [0, 0.05) is 31.7 Å². The number of carbonyl (C=O) groups is 2. The van der Waals surface area contributed by atoms with Crippen LogP contribution in [-0.4, -0.2) is 56.2 Å². The molecule has 0 saturated carbocycles. The average Bonchev–Trinajstić information content (AvgIpc) is 3.02. The first-order chi connectivity index (χ1) is 11.7. The molecule has 2 amide bonds. The zero-order valence-electron chi connectivity index (χ0n) is 14.1. The minimum absolute atomic E-state index is 0.00355. The number of morpholine rings is 1. The minimum atomic E-state index is -0.258. The van der Waals surface area contributed by atoms with E-state index in [1.165, 1.54) is 0 Å². The van der Waals surface area contributed by atoms with Crippen molar-refractivity contribution in [2.75, 3.05) is 44.4 Å². The molecule has 0 aliphatic carbocycles. The first-order valence-electron chi connectivity index (χ1n) is 8.59. The van der Waals surface area contributed by atoms with Crippen LogP contribution in [0.1, 0.15) is 19.8 Å². The lowest BCUT2D eigenvalue weighted by Crippen LogP contribution is -2.44. The lowest BCUT2D eigenvalue weighted by molar-refractivity contribution is -0.139. The molecule has 0 unspecified atom stereocenters. The highest BCUT2D eigenvalue weighted by atomic mass is 16.5. The van der Waals surface area contributed by atoms with Gasteiger partial charge in [0.25, 0.3) is 0 Å². The van der Waals surface area contributed by atoms with E-state index in [1.54, 1.807) is 4.90 Å². The van der Waals surface area contributed by atoms with Crippen LogP contribution in [0.15, 0.2) is 24.3 Å². The molecule has 6 nitrogen and oxygen atoms in total. The van der Waals surface area contributed by atoms with Crippen molar-refractivity contribution in [3.05, 3.63) is 24.3 Å². The number of nitrogens with zero attached hydrogens (tertiary/aromatic N) is 2. The SMILES string of the molecule is CCCOc1ccc(N2C[C@H](C(=O)N3CCOCC3)CC2=O)cc1. The Morgan fingerprint density at radius 1 is 1.25 bits per heavy atom. The Morgan fingerprint density at radius 3 is 2.62 bits per heavy atom. The van der Waals surface area contributed by atoms with E-state index in [9.17, 15) is 9.59 Å². The lowest BCUT2D eigenvalue weighted by Gasteiger charge is -2.29. The number of hydrogen-bond donors (Lipinski definition) is 0. The zero-order valence-corrected chi connectivity index (χ0v) is 14.1. The number of rotatable bonds is 5. The van der Waals surface area contributed by atoms with E-state index in [0.717, 1.165) is 17.9 Å². The van der Waals surface area contributed by atoms with Crippen LogP contribution in [0.5, 0.6) is 5.75 Å². The van der Waals surface area contributed by atoms with Crippen molar-refractivity contribution in [1.29, 1.82) is 0 Å². The summed E-state index contributed by atoms with van der Waals surface area (Å²) in [7, 11) is 0. The highest BCUT2D eigenvalue weighted by Crippen LogP contribution is 2.28. The second-order valence-corrected chi connectivity index (χ2v) is 6.19. The molecule has 2 aliphatic rings. The van der Waals surface area contributed by atoms with Crippen LogP contribution in [-0.2, 0) is 14.3 Å². The number of amides is 2. The predicted octanol–water partition coefficient (Wildman–Crippen LogP) is 1.69. The average molecular weight is 332 g/mol. The smallest absolute Gasteiger partial charge is 0.228 e. The minimum Gasteiger partial charge on any atom is -0.494 e. The van der Waals surface area contributed by atoms with E-state index in [-0.39, 0.29) is 24.2 Å². The number of ether oxygens (including phenoxy) is 2. The fourth-order valence-corrected chi connectivity index (χ4v) is 3.11. The van der Waals surface area contributed by atoms with Crippen LogP contribution in [0.25, 0.3) is 0 Å². The molecule has 0 radical (unpaired) electrons. The molecule has 0 bridgehead atoms. The van der Waals surface area contributed by atoms with Gasteiger partial charge >= 0.3 is 0 Å². The maximum atomic E-state index is 12.6. The second kappa shape index (κ2) is 7.66. The van der Waals surface area contributed by atoms with Crippen molar-refractivity contribution in [1.82, 2.24) is 4.90 Å². The van der Waals surface area contributed by atoms with Crippen molar-refractivity contribution in [3.8, 4) is 5.75 Å². The third-order valence-corrected chi connectivity index (χ3v) is 4.42. The molecule has 6 heteroatoms. The van der Waals surface area contributed by atoms with E-state index in [4.69, 9.17) is 9.47 Å². The van der Waals surface area contributed by atoms with E-state index in [1.807, 2.05) is 29.2 Å². The van der Waals surface area contributed by atoms with Crippen LogP contribution >= 0.6 is 0 Å². The van der Waals surface area contributed by atoms with E-state index in [2.05, 4.69) is 6.92 Å². The number of anilines is 1. The van der Waals surface area contributed by atoms with Crippen molar-refractivity contribution in [2.45, 2.75) is 19.8 Å². The Morgan fingerprint density at radius 2 is 1.96 bits per heavy atom. The molecule has 130 valence electrons. The van der Waals surface area contributed by atoms with Crippen molar-refractivity contribution >= 4 is 17.5 Å².